The zero-order valence-electron chi connectivity index (χ0n) is 20.5. The van der Waals surface area contributed by atoms with Crippen molar-refractivity contribution in [3.63, 3.8) is 0 Å². The highest BCUT2D eigenvalue weighted by Gasteiger charge is 2.35. The van der Waals surface area contributed by atoms with Gasteiger partial charge >= 0.3 is 0 Å². The largest absolute Gasteiger partial charge is 0.381 e. The normalized spacial score (nSPS) is 22.0. The minimum Gasteiger partial charge on any atom is -0.381 e. The number of likely N-dealkylation sites (tertiary alicyclic amines) is 1. The van der Waals surface area contributed by atoms with Gasteiger partial charge in [0.05, 0.1) is 6.54 Å². The summed E-state index contributed by atoms with van der Waals surface area (Å²) < 4.78 is 5.71. The molecule has 0 aliphatic carbocycles. The maximum atomic E-state index is 5.71. The number of hydrogen-bond acceptors (Lipinski definition) is 4. The van der Waals surface area contributed by atoms with Gasteiger partial charge < -0.3 is 20.3 Å². The van der Waals surface area contributed by atoms with Crippen molar-refractivity contribution >= 4 is 29.9 Å². The molecule has 2 atom stereocenters. The van der Waals surface area contributed by atoms with Crippen LogP contribution in [0.2, 0.25) is 0 Å². The summed E-state index contributed by atoms with van der Waals surface area (Å²) in [7, 11) is 0. The fourth-order valence-electron chi connectivity index (χ4n) is 5.02. The van der Waals surface area contributed by atoms with E-state index in [1.807, 2.05) is 0 Å². The van der Waals surface area contributed by atoms with E-state index < -0.39 is 0 Å². The molecule has 2 aliphatic rings. The second-order valence-electron chi connectivity index (χ2n) is 8.95. The van der Waals surface area contributed by atoms with Crippen LogP contribution in [-0.2, 0) is 4.74 Å². The molecule has 2 N–H and O–H groups in total. The van der Waals surface area contributed by atoms with Crippen LogP contribution in [0.4, 0.5) is 0 Å². The Morgan fingerprint density at radius 1 is 1.19 bits per heavy atom. The van der Waals surface area contributed by atoms with Gasteiger partial charge in [-0.25, -0.2) is 0 Å². The molecular weight excluding hydrogens is 513 g/mol. The van der Waals surface area contributed by atoms with Crippen molar-refractivity contribution in [2.24, 2.45) is 4.99 Å². The summed E-state index contributed by atoms with van der Waals surface area (Å²) in [5.74, 6) is 1.07. The van der Waals surface area contributed by atoms with Crippen molar-refractivity contribution in [1.82, 2.24) is 20.4 Å². The first-order chi connectivity index (χ1) is 15.1. The number of rotatable bonds is 9. The number of benzene rings is 1. The topological polar surface area (TPSA) is 52.1 Å². The zero-order chi connectivity index (χ0) is 22.1. The summed E-state index contributed by atoms with van der Waals surface area (Å²) in [6, 6.07) is 11.6. The van der Waals surface area contributed by atoms with Crippen molar-refractivity contribution in [2.45, 2.75) is 64.6 Å². The van der Waals surface area contributed by atoms with Gasteiger partial charge in [-0.3, -0.25) is 9.89 Å². The van der Waals surface area contributed by atoms with Gasteiger partial charge in [-0.2, -0.15) is 0 Å². The summed E-state index contributed by atoms with van der Waals surface area (Å²) in [6.45, 7) is 16.6. The Balaban J connectivity index is 0.00000363. The molecule has 0 saturated carbocycles. The Hall–Kier alpha value is -0.900. The molecule has 1 aromatic carbocycles. The molecule has 3 rings (SSSR count). The molecule has 2 saturated heterocycles. The van der Waals surface area contributed by atoms with Crippen LogP contribution in [0.3, 0.4) is 0 Å². The van der Waals surface area contributed by atoms with Gasteiger partial charge in [0, 0.05) is 50.5 Å². The van der Waals surface area contributed by atoms with E-state index in [-0.39, 0.29) is 35.6 Å². The lowest BCUT2D eigenvalue weighted by Crippen LogP contribution is -2.53. The van der Waals surface area contributed by atoms with Gasteiger partial charge in [0.15, 0.2) is 5.96 Å². The predicted molar refractivity (Wildman–Crippen MR) is 145 cm³/mol. The first-order valence-electron chi connectivity index (χ1n) is 12.3. The maximum Gasteiger partial charge on any atom is 0.194 e. The third kappa shape index (κ3) is 7.30. The lowest BCUT2D eigenvalue weighted by molar-refractivity contribution is 0.0373. The Labute approximate surface area is 212 Å². The second-order valence-corrected chi connectivity index (χ2v) is 8.95. The molecule has 1 aromatic rings. The van der Waals surface area contributed by atoms with Gasteiger partial charge in [0.1, 0.15) is 0 Å². The third-order valence-corrected chi connectivity index (χ3v) is 6.93. The molecule has 6 nitrogen and oxygen atoms in total. The number of nitrogens with zero attached hydrogens (tertiary/aromatic N) is 3. The summed E-state index contributed by atoms with van der Waals surface area (Å²) in [6.07, 6.45) is 3.21. The van der Waals surface area contributed by atoms with Crippen molar-refractivity contribution < 1.29 is 4.74 Å². The number of ether oxygens (including phenoxy) is 1. The number of nitrogens with one attached hydrogen (secondary N) is 2. The predicted octanol–water partition coefficient (Wildman–Crippen LogP) is 3.89. The van der Waals surface area contributed by atoms with Crippen molar-refractivity contribution in [1.29, 1.82) is 0 Å². The van der Waals surface area contributed by atoms with Crippen molar-refractivity contribution in [2.75, 3.05) is 52.5 Å². The van der Waals surface area contributed by atoms with E-state index in [4.69, 9.17) is 9.73 Å². The van der Waals surface area contributed by atoms with Gasteiger partial charge in [0.25, 0.3) is 0 Å². The molecule has 0 aromatic heterocycles. The summed E-state index contributed by atoms with van der Waals surface area (Å²) in [5.41, 5.74) is 1.30. The van der Waals surface area contributed by atoms with E-state index >= 15 is 0 Å². The molecule has 2 heterocycles. The fourth-order valence-corrected chi connectivity index (χ4v) is 5.02. The highest BCUT2D eigenvalue weighted by Crippen LogP contribution is 2.26. The Morgan fingerprint density at radius 2 is 1.88 bits per heavy atom. The Kier molecular flexibility index (Phi) is 11.7. The summed E-state index contributed by atoms with van der Waals surface area (Å²) in [4.78, 5) is 10.2. The Bertz CT molecular complexity index is 676. The van der Waals surface area contributed by atoms with Crippen LogP contribution in [0, 0.1) is 0 Å². The zero-order valence-corrected chi connectivity index (χ0v) is 22.8. The highest BCUT2D eigenvalue weighted by atomic mass is 127. The van der Waals surface area contributed by atoms with Crippen molar-refractivity contribution in [3.05, 3.63) is 35.9 Å². The summed E-state index contributed by atoms with van der Waals surface area (Å²) in [5, 5.41) is 7.50. The molecule has 7 heteroatoms. The smallest absolute Gasteiger partial charge is 0.194 e. The molecule has 32 heavy (non-hydrogen) atoms. The number of guanidine groups is 1. The average Bonchev–Trinajstić information content (AvgIpc) is 3.28. The van der Waals surface area contributed by atoms with E-state index in [2.05, 4.69) is 78.5 Å². The third-order valence-electron chi connectivity index (χ3n) is 6.93. The molecule has 0 bridgehead atoms. The quantitative estimate of drug-likeness (QED) is 0.274. The van der Waals surface area contributed by atoms with Crippen LogP contribution in [0.25, 0.3) is 0 Å². The highest BCUT2D eigenvalue weighted by molar-refractivity contribution is 14.0. The Morgan fingerprint density at radius 3 is 2.50 bits per heavy atom. The second kappa shape index (κ2) is 13.7. The van der Waals surface area contributed by atoms with E-state index in [1.165, 1.54) is 12.0 Å². The molecule has 182 valence electrons. The fraction of sp³-hybridized carbons (Fsp3) is 0.720. The van der Waals surface area contributed by atoms with Crippen LogP contribution in [0.15, 0.2) is 35.3 Å². The lowest BCUT2D eigenvalue weighted by atomic mass is 9.88. The standard InChI is InChI=1S/C25H43N5O.HI/c1-5-26-24(30-16-13-23(19-30)29(6-2)7-3)27-20-25(14-17-31-18-15-25)28-21(4)22-11-9-8-10-12-22;/h8-12,21,23,28H,5-7,13-20H2,1-4H3,(H,26,27);1H. The first-order valence-corrected chi connectivity index (χ1v) is 12.3. The van der Waals surface area contributed by atoms with E-state index in [0.717, 1.165) is 71.3 Å². The molecule has 0 radical (unpaired) electrons. The number of aliphatic imine (C=N–C) groups is 1. The van der Waals surface area contributed by atoms with E-state index in [9.17, 15) is 0 Å². The average molecular weight is 558 g/mol. The van der Waals surface area contributed by atoms with E-state index in [1.54, 1.807) is 0 Å². The molecule has 2 unspecified atom stereocenters. The SMILES string of the molecule is CCNC(=NCC1(NC(C)c2ccccc2)CCOCC1)N1CCC(N(CC)CC)C1.I. The van der Waals surface area contributed by atoms with Gasteiger partial charge in [-0.15, -0.1) is 24.0 Å². The molecular formula is C25H44IN5O. The number of likely N-dealkylation sites (N-methyl/N-ethyl adjacent to an activating group) is 1. The van der Waals surface area contributed by atoms with Crippen LogP contribution in [-0.4, -0.2) is 79.8 Å². The van der Waals surface area contributed by atoms with Crippen molar-refractivity contribution in [3.8, 4) is 0 Å². The first kappa shape index (κ1) is 27.3. The monoisotopic (exact) mass is 557 g/mol. The minimum atomic E-state index is -0.0216. The van der Waals surface area contributed by atoms with Gasteiger partial charge in [-0.1, -0.05) is 44.2 Å². The maximum absolute atomic E-state index is 5.71. The van der Waals surface area contributed by atoms with Gasteiger partial charge in [0.2, 0.25) is 0 Å². The van der Waals surface area contributed by atoms with Crippen LogP contribution in [0.5, 0.6) is 0 Å². The number of halogens is 1. The minimum absolute atomic E-state index is 0. The van der Waals surface area contributed by atoms with Crippen LogP contribution >= 0.6 is 24.0 Å². The van der Waals surface area contributed by atoms with Gasteiger partial charge in [-0.05, 0) is 51.8 Å². The molecule has 0 spiro atoms. The molecule has 2 fully saturated rings. The van der Waals surface area contributed by atoms with Crippen LogP contribution < -0.4 is 10.6 Å². The number of hydrogen-bond donors (Lipinski definition) is 2. The summed E-state index contributed by atoms with van der Waals surface area (Å²) >= 11 is 0. The van der Waals surface area contributed by atoms with Crippen LogP contribution in [0.1, 0.15) is 58.6 Å². The van der Waals surface area contributed by atoms with E-state index in [0.29, 0.717) is 6.04 Å². The lowest BCUT2D eigenvalue weighted by Gasteiger charge is -2.40. The molecule has 0 amide bonds. The molecule has 2 aliphatic heterocycles.